The first-order chi connectivity index (χ1) is 11.4. The summed E-state index contributed by atoms with van der Waals surface area (Å²) < 4.78 is 22.7. The largest absolute Gasteiger partial charge is 0.369 e. The minimum atomic E-state index is -5.36. The summed E-state index contributed by atoms with van der Waals surface area (Å²) in [6.45, 7) is 4.77. The van der Waals surface area contributed by atoms with Crippen molar-refractivity contribution >= 4 is 15.2 Å². The summed E-state index contributed by atoms with van der Waals surface area (Å²) in [5.74, 6) is 0. The van der Waals surface area contributed by atoms with Crippen LogP contribution in [0.4, 0.5) is 0 Å². The average Bonchev–Trinajstić information content (AvgIpc) is 2.48. The third-order valence-corrected chi connectivity index (χ3v) is 8.57. The van der Waals surface area contributed by atoms with Crippen LogP contribution in [0.1, 0.15) is 71.6 Å². The number of hydrogen-bond acceptors (Lipinski definition) is 4. The van der Waals surface area contributed by atoms with Crippen molar-refractivity contribution in [1.29, 1.82) is 0 Å². The minimum Gasteiger partial charge on any atom is -0.368 e. The van der Waals surface area contributed by atoms with Crippen LogP contribution in [0.3, 0.4) is 0 Å². The molecule has 0 aromatic heterocycles. The standard InChI is InChI=1S/C15H35NO7P2/c1-4-5-6-7-8-9-10-13-16(3)14(2)11-12-15(17,24(18,19)20)25(21,22)23/h14,17H,4-13H2,1-3H3,(H2,18,19,20)(H2,21,22,23). The zero-order chi connectivity index (χ0) is 19.7. The molecule has 0 saturated heterocycles. The molecule has 0 aromatic carbocycles. The van der Waals surface area contributed by atoms with Gasteiger partial charge in [0.05, 0.1) is 0 Å². The number of rotatable bonds is 14. The van der Waals surface area contributed by atoms with Gasteiger partial charge in [-0.2, -0.15) is 0 Å². The Balaban J connectivity index is 4.32. The van der Waals surface area contributed by atoms with Gasteiger partial charge >= 0.3 is 15.2 Å². The quantitative estimate of drug-likeness (QED) is 0.220. The van der Waals surface area contributed by atoms with Crippen molar-refractivity contribution in [2.24, 2.45) is 0 Å². The lowest BCUT2D eigenvalue weighted by Gasteiger charge is -2.32. The van der Waals surface area contributed by atoms with Gasteiger partial charge in [0.25, 0.3) is 5.08 Å². The van der Waals surface area contributed by atoms with Gasteiger partial charge in [-0.15, -0.1) is 0 Å². The second kappa shape index (κ2) is 11.2. The Kier molecular flexibility index (Phi) is 11.2. The molecule has 10 heteroatoms. The first-order valence-electron chi connectivity index (χ1n) is 8.90. The summed E-state index contributed by atoms with van der Waals surface area (Å²) in [5, 5.41) is 6.58. The normalized spacial score (nSPS) is 14.9. The molecule has 0 aliphatic rings. The highest BCUT2D eigenvalue weighted by atomic mass is 31.2. The molecule has 0 amide bonds. The lowest BCUT2D eigenvalue weighted by atomic mass is 10.1. The maximum Gasteiger partial charge on any atom is 0.369 e. The molecule has 0 fully saturated rings. The molecule has 0 rings (SSSR count). The summed E-state index contributed by atoms with van der Waals surface area (Å²) in [4.78, 5) is 38.5. The highest BCUT2D eigenvalue weighted by Crippen LogP contribution is 2.69. The van der Waals surface area contributed by atoms with E-state index >= 15 is 0 Å². The van der Waals surface area contributed by atoms with Crippen LogP contribution in [0.15, 0.2) is 0 Å². The second-order valence-electron chi connectivity index (χ2n) is 6.85. The lowest BCUT2D eigenvalue weighted by molar-refractivity contribution is 0.110. The van der Waals surface area contributed by atoms with Gasteiger partial charge in [0.1, 0.15) is 0 Å². The average molecular weight is 403 g/mol. The fourth-order valence-electron chi connectivity index (χ4n) is 2.62. The smallest absolute Gasteiger partial charge is 0.368 e. The highest BCUT2D eigenvalue weighted by molar-refractivity contribution is 7.72. The molecule has 0 radical (unpaired) electrons. The molecule has 0 heterocycles. The van der Waals surface area contributed by atoms with Crippen LogP contribution in [0.5, 0.6) is 0 Å². The first-order valence-corrected chi connectivity index (χ1v) is 12.1. The summed E-state index contributed by atoms with van der Waals surface area (Å²) in [5.41, 5.74) is 0. The van der Waals surface area contributed by atoms with E-state index in [-0.39, 0.29) is 12.5 Å². The number of nitrogens with zero attached hydrogens (tertiary/aromatic N) is 1. The Labute approximate surface area is 151 Å². The molecule has 0 aliphatic heterocycles. The van der Waals surface area contributed by atoms with Gasteiger partial charge < -0.3 is 29.6 Å². The van der Waals surface area contributed by atoms with Crippen molar-refractivity contribution in [2.45, 2.75) is 82.8 Å². The molecular weight excluding hydrogens is 368 g/mol. The third kappa shape index (κ3) is 8.63. The molecule has 152 valence electrons. The van der Waals surface area contributed by atoms with Gasteiger partial charge in [-0.05, 0) is 33.4 Å². The zero-order valence-electron chi connectivity index (χ0n) is 15.5. The van der Waals surface area contributed by atoms with E-state index in [1.54, 1.807) is 6.92 Å². The van der Waals surface area contributed by atoms with E-state index in [1.807, 2.05) is 11.9 Å². The molecule has 8 nitrogen and oxygen atoms in total. The van der Waals surface area contributed by atoms with Gasteiger partial charge in [0.2, 0.25) is 0 Å². The van der Waals surface area contributed by atoms with E-state index in [0.29, 0.717) is 0 Å². The minimum absolute atomic E-state index is 0.0692. The lowest BCUT2D eigenvalue weighted by Crippen LogP contribution is -2.34. The van der Waals surface area contributed by atoms with Crippen LogP contribution < -0.4 is 0 Å². The maximum absolute atomic E-state index is 11.3. The molecule has 5 N–H and O–H groups in total. The molecule has 0 saturated carbocycles. The van der Waals surface area contributed by atoms with Crippen LogP contribution in [-0.2, 0) is 9.13 Å². The van der Waals surface area contributed by atoms with E-state index in [2.05, 4.69) is 6.92 Å². The fraction of sp³-hybridized carbons (Fsp3) is 1.00. The number of unbranched alkanes of at least 4 members (excludes halogenated alkanes) is 6. The summed E-state index contributed by atoms with van der Waals surface area (Å²) >= 11 is 0. The van der Waals surface area contributed by atoms with Gasteiger partial charge in [0, 0.05) is 12.5 Å². The van der Waals surface area contributed by atoms with Crippen LogP contribution >= 0.6 is 15.2 Å². The fourth-order valence-corrected chi connectivity index (χ4v) is 4.82. The van der Waals surface area contributed by atoms with E-state index in [4.69, 9.17) is 19.6 Å². The Hall–Kier alpha value is 0.220. The van der Waals surface area contributed by atoms with Crippen molar-refractivity contribution in [2.75, 3.05) is 13.6 Å². The highest BCUT2D eigenvalue weighted by Gasteiger charge is 2.58. The van der Waals surface area contributed by atoms with Gasteiger partial charge in [-0.3, -0.25) is 9.13 Å². The topological polar surface area (TPSA) is 139 Å². The van der Waals surface area contributed by atoms with Crippen molar-refractivity contribution < 1.29 is 33.8 Å². The Morgan fingerprint density at radius 3 is 1.80 bits per heavy atom. The summed E-state index contributed by atoms with van der Waals surface area (Å²) in [6.07, 6.45) is 7.65. The van der Waals surface area contributed by atoms with Crippen LogP contribution in [0, 0.1) is 0 Å². The number of hydrogen-bond donors (Lipinski definition) is 5. The van der Waals surface area contributed by atoms with Crippen LogP contribution in [0.25, 0.3) is 0 Å². The van der Waals surface area contributed by atoms with Crippen LogP contribution in [0.2, 0.25) is 0 Å². The molecule has 25 heavy (non-hydrogen) atoms. The van der Waals surface area contributed by atoms with Crippen molar-refractivity contribution in [3.05, 3.63) is 0 Å². The molecule has 0 spiro atoms. The number of aliphatic hydroxyl groups is 1. The molecule has 0 aromatic rings. The SMILES string of the molecule is CCCCCCCCCN(C)C(C)CCC(O)(P(=O)(O)O)P(=O)(O)O. The molecule has 0 aliphatic carbocycles. The van der Waals surface area contributed by atoms with E-state index < -0.39 is 26.7 Å². The molecule has 0 bridgehead atoms. The van der Waals surface area contributed by atoms with E-state index in [0.717, 1.165) is 19.4 Å². The van der Waals surface area contributed by atoms with E-state index in [1.165, 1.54) is 32.1 Å². The zero-order valence-corrected chi connectivity index (χ0v) is 17.3. The van der Waals surface area contributed by atoms with Crippen molar-refractivity contribution in [1.82, 2.24) is 4.90 Å². The Morgan fingerprint density at radius 2 is 1.36 bits per heavy atom. The first kappa shape index (κ1) is 25.2. The molecule has 1 atom stereocenters. The second-order valence-corrected chi connectivity index (χ2v) is 10.9. The van der Waals surface area contributed by atoms with Gasteiger partial charge in [0.15, 0.2) is 0 Å². The predicted molar refractivity (Wildman–Crippen MR) is 98.4 cm³/mol. The Morgan fingerprint density at radius 1 is 0.920 bits per heavy atom. The Bertz CT molecular complexity index is 441. The summed E-state index contributed by atoms with van der Waals surface area (Å²) in [6, 6.07) is -0.162. The molecule has 1 unspecified atom stereocenters. The van der Waals surface area contributed by atoms with Crippen molar-refractivity contribution in [3.63, 3.8) is 0 Å². The molecular formula is C15H35NO7P2. The van der Waals surface area contributed by atoms with Crippen LogP contribution in [-0.4, -0.2) is 54.3 Å². The third-order valence-electron chi connectivity index (χ3n) is 4.70. The monoisotopic (exact) mass is 403 g/mol. The summed E-state index contributed by atoms with van der Waals surface area (Å²) in [7, 11) is -8.87. The predicted octanol–water partition coefficient (Wildman–Crippen LogP) is 2.84. The van der Waals surface area contributed by atoms with E-state index in [9.17, 15) is 14.2 Å². The van der Waals surface area contributed by atoms with Crippen molar-refractivity contribution in [3.8, 4) is 0 Å². The van der Waals surface area contributed by atoms with Gasteiger partial charge in [-0.1, -0.05) is 45.4 Å². The van der Waals surface area contributed by atoms with Gasteiger partial charge in [-0.25, -0.2) is 0 Å². The maximum atomic E-state index is 11.3.